The second kappa shape index (κ2) is 4.39. The molecule has 1 saturated heterocycles. The third kappa shape index (κ3) is 2.97. The highest BCUT2D eigenvalue weighted by Crippen LogP contribution is 2.20. The van der Waals surface area contributed by atoms with Crippen LogP contribution in [-0.4, -0.2) is 35.4 Å². The molecule has 0 aromatic heterocycles. The van der Waals surface area contributed by atoms with Gasteiger partial charge in [-0.3, -0.25) is 14.9 Å². The van der Waals surface area contributed by atoms with Gasteiger partial charge in [-0.1, -0.05) is 13.8 Å². The number of amides is 1. The number of piperidine rings is 1. The summed E-state index contributed by atoms with van der Waals surface area (Å²) in [4.78, 5) is 22.6. The van der Waals surface area contributed by atoms with E-state index in [-0.39, 0.29) is 5.91 Å². The first-order valence-electron chi connectivity index (χ1n) is 4.88. The lowest BCUT2D eigenvalue weighted by Gasteiger charge is -2.34. The van der Waals surface area contributed by atoms with Crippen LogP contribution in [0.15, 0.2) is 0 Å². The Labute approximate surface area is 83.2 Å². The van der Waals surface area contributed by atoms with Crippen molar-refractivity contribution >= 4 is 5.91 Å². The summed E-state index contributed by atoms with van der Waals surface area (Å²) >= 11 is 0. The molecule has 80 valence electrons. The summed E-state index contributed by atoms with van der Waals surface area (Å²) < 4.78 is 0. The minimum absolute atomic E-state index is 0.353. The maximum atomic E-state index is 11.4. The lowest BCUT2D eigenvalue weighted by molar-refractivity contribution is -0.469. The number of hydrogen-bond acceptors (Lipinski definition) is 3. The largest absolute Gasteiger partial charge is 0.336 e. The zero-order valence-electron chi connectivity index (χ0n) is 8.60. The molecule has 14 heavy (non-hydrogen) atoms. The van der Waals surface area contributed by atoms with E-state index in [0.717, 1.165) is 6.42 Å². The van der Waals surface area contributed by atoms with E-state index in [9.17, 15) is 14.9 Å². The molecule has 0 N–H and O–H groups in total. The van der Waals surface area contributed by atoms with Gasteiger partial charge >= 0.3 is 0 Å². The Kier molecular flexibility index (Phi) is 3.43. The monoisotopic (exact) mass is 200 g/mol. The van der Waals surface area contributed by atoms with Crippen LogP contribution in [0.1, 0.15) is 20.3 Å². The number of nitrogens with zero attached hydrogens (tertiary/aromatic N) is 2. The fourth-order valence-electron chi connectivity index (χ4n) is 2.08. The average molecular weight is 200 g/mol. The SMILES string of the molecule is CC1CC(C)CN(C(=O)C[N+](=O)[O-])C1. The zero-order valence-corrected chi connectivity index (χ0v) is 8.60. The van der Waals surface area contributed by atoms with Gasteiger partial charge in [0, 0.05) is 18.0 Å². The van der Waals surface area contributed by atoms with Gasteiger partial charge in [0.05, 0.1) is 0 Å². The van der Waals surface area contributed by atoms with E-state index in [1.807, 2.05) is 0 Å². The molecule has 1 aliphatic rings. The Bertz CT molecular complexity index is 232. The number of rotatable bonds is 2. The highest BCUT2D eigenvalue weighted by Gasteiger charge is 2.27. The van der Waals surface area contributed by atoms with Crippen LogP contribution in [0.25, 0.3) is 0 Å². The molecule has 1 rings (SSSR count). The molecule has 0 saturated carbocycles. The standard InChI is InChI=1S/C9H16N2O3/c1-7-3-8(2)5-10(4-7)9(12)6-11(13)14/h7-8H,3-6H2,1-2H3. The minimum Gasteiger partial charge on any atom is -0.336 e. The molecule has 0 radical (unpaired) electrons. The first kappa shape index (κ1) is 10.9. The highest BCUT2D eigenvalue weighted by atomic mass is 16.6. The van der Waals surface area contributed by atoms with Crippen molar-refractivity contribution in [3.05, 3.63) is 10.1 Å². The van der Waals surface area contributed by atoms with E-state index < -0.39 is 11.5 Å². The summed E-state index contributed by atoms with van der Waals surface area (Å²) in [6, 6.07) is 0. The fraction of sp³-hybridized carbons (Fsp3) is 0.889. The Balaban J connectivity index is 2.50. The van der Waals surface area contributed by atoms with Crippen molar-refractivity contribution in [3.63, 3.8) is 0 Å². The Morgan fingerprint density at radius 2 is 1.93 bits per heavy atom. The Morgan fingerprint density at radius 3 is 2.36 bits per heavy atom. The number of likely N-dealkylation sites (tertiary alicyclic amines) is 1. The second-order valence-electron chi connectivity index (χ2n) is 4.24. The summed E-state index contributed by atoms with van der Waals surface area (Å²) in [6.07, 6.45) is 1.10. The maximum absolute atomic E-state index is 11.4. The van der Waals surface area contributed by atoms with Crippen molar-refractivity contribution in [2.24, 2.45) is 11.8 Å². The molecule has 0 aromatic rings. The van der Waals surface area contributed by atoms with Crippen LogP contribution in [0, 0.1) is 22.0 Å². The summed E-state index contributed by atoms with van der Waals surface area (Å²) in [5.74, 6) is 0.553. The first-order chi connectivity index (χ1) is 6.49. The fourth-order valence-corrected chi connectivity index (χ4v) is 2.08. The van der Waals surface area contributed by atoms with E-state index in [4.69, 9.17) is 0 Å². The Morgan fingerprint density at radius 1 is 1.43 bits per heavy atom. The average Bonchev–Trinajstić information content (AvgIpc) is 2.00. The van der Waals surface area contributed by atoms with Crippen molar-refractivity contribution < 1.29 is 9.72 Å². The molecule has 2 unspecified atom stereocenters. The number of carbonyl (C=O) groups excluding carboxylic acids is 1. The molecule has 2 atom stereocenters. The smallest absolute Gasteiger partial charge is 0.294 e. The van der Waals surface area contributed by atoms with Gasteiger partial charge in [-0.15, -0.1) is 0 Å². The molecule has 0 aromatic carbocycles. The molecule has 1 aliphatic heterocycles. The van der Waals surface area contributed by atoms with Gasteiger partial charge in [0.15, 0.2) is 0 Å². The van der Waals surface area contributed by atoms with Gasteiger partial charge in [0.25, 0.3) is 12.5 Å². The maximum Gasteiger partial charge on any atom is 0.294 e. The topological polar surface area (TPSA) is 63.5 Å². The molecule has 1 heterocycles. The van der Waals surface area contributed by atoms with Gasteiger partial charge in [0.2, 0.25) is 0 Å². The van der Waals surface area contributed by atoms with Gasteiger partial charge in [0.1, 0.15) is 0 Å². The number of carbonyl (C=O) groups is 1. The number of nitro groups is 1. The molecule has 0 aliphatic carbocycles. The van der Waals surface area contributed by atoms with Crippen LogP contribution in [-0.2, 0) is 4.79 Å². The third-order valence-electron chi connectivity index (χ3n) is 2.49. The normalized spacial score (nSPS) is 27.4. The second-order valence-corrected chi connectivity index (χ2v) is 4.24. The van der Waals surface area contributed by atoms with E-state index >= 15 is 0 Å². The predicted molar refractivity (Wildman–Crippen MR) is 51.4 cm³/mol. The highest BCUT2D eigenvalue weighted by molar-refractivity contribution is 5.77. The lowest BCUT2D eigenvalue weighted by atomic mass is 9.92. The van der Waals surface area contributed by atoms with Crippen molar-refractivity contribution in [3.8, 4) is 0 Å². The first-order valence-corrected chi connectivity index (χ1v) is 4.88. The summed E-state index contributed by atoms with van der Waals surface area (Å²) in [6.45, 7) is 4.90. The summed E-state index contributed by atoms with van der Waals surface area (Å²) in [5, 5.41) is 10.2. The molecular weight excluding hydrogens is 184 g/mol. The van der Waals surface area contributed by atoms with Gasteiger partial charge < -0.3 is 4.90 Å². The van der Waals surface area contributed by atoms with Crippen molar-refractivity contribution in [2.45, 2.75) is 20.3 Å². The van der Waals surface area contributed by atoms with Gasteiger partial charge in [-0.05, 0) is 18.3 Å². The van der Waals surface area contributed by atoms with Crippen LogP contribution < -0.4 is 0 Å². The van der Waals surface area contributed by atoms with E-state index in [1.54, 1.807) is 4.90 Å². The minimum atomic E-state index is -0.570. The molecule has 0 spiro atoms. The van der Waals surface area contributed by atoms with Crippen molar-refractivity contribution in [1.29, 1.82) is 0 Å². The van der Waals surface area contributed by atoms with E-state index in [2.05, 4.69) is 13.8 Å². The molecular formula is C9H16N2O3. The summed E-state index contributed by atoms with van der Waals surface area (Å²) in [5.41, 5.74) is 0. The Hall–Kier alpha value is -1.13. The third-order valence-corrected chi connectivity index (χ3v) is 2.49. The quantitative estimate of drug-likeness (QED) is 0.488. The molecule has 5 heteroatoms. The van der Waals surface area contributed by atoms with Crippen LogP contribution in [0.5, 0.6) is 0 Å². The lowest BCUT2D eigenvalue weighted by Crippen LogP contribution is -2.44. The predicted octanol–water partition coefficient (Wildman–Crippen LogP) is 0.768. The summed E-state index contributed by atoms with van der Waals surface area (Å²) in [7, 11) is 0. The van der Waals surface area contributed by atoms with Crippen molar-refractivity contribution in [1.82, 2.24) is 4.90 Å². The number of hydrogen-bond donors (Lipinski definition) is 0. The van der Waals surface area contributed by atoms with Gasteiger partial charge in [-0.25, -0.2) is 0 Å². The van der Waals surface area contributed by atoms with E-state index in [1.165, 1.54) is 0 Å². The van der Waals surface area contributed by atoms with Crippen LogP contribution in [0.4, 0.5) is 0 Å². The van der Waals surface area contributed by atoms with Gasteiger partial charge in [-0.2, -0.15) is 0 Å². The van der Waals surface area contributed by atoms with Crippen LogP contribution in [0.3, 0.4) is 0 Å². The van der Waals surface area contributed by atoms with Crippen molar-refractivity contribution in [2.75, 3.05) is 19.6 Å². The zero-order chi connectivity index (χ0) is 10.7. The molecule has 5 nitrogen and oxygen atoms in total. The molecule has 1 fully saturated rings. The van der Waals surface area contributed by atoms with E-state index in [0.29, 0.717) is 24.9 Å². The molecule has 1 amide bonds. The molecule has 0 bridgehead atoms. The van der Waals surface area contributed by atoms with Crippen LogP contribution in [0.2, 0.25) is 0 Å². The van der Waals surface area contributed by atoms with Crippen LogP contribution >= 0.6 is 0 Å².